The molecule has 0 unspecified atom stereocenters. The van der Waals surface area contributed by atoms with Crippen molar-refractivity contribution >= 4 is 43.2 Å². The summed E-state index contributed by atoms with van der Waals surface area (Å²) in [6.45, 7) is 0. The number of halogens is 1. The fourth-order valence-electron chi connectivity index (χ4n) is 1.06. The van der Waals surface area contributed by atoms with E-state index in [0.717, 1.165) is 21.4 Å². The maximum Gasteiger partial charge on any atom is 0.288 e. The van der Waals surface area contributed by atoms with Crippen LogP contribution in [0.4, 0.5) is 5.69 Å². The third-order valence-electron chi connectivity index (χ3n) is 1.64. The number of hydrogen-bond donors (Lipinski definition) is 0. The Morgan fingerprint density at radius 1 is 1.54 bits per heavy atom. The lowest BCUT2D eigenvalue weighted by Gasteiger charge is -1.94. The smallest absolute Gasteiger partial charge is 0.258 e. The monoisotopic (exact) mass is 258 g/mol. The Morgan fingerprint density at radius 2 is 2.31 bits per heavy atom. The Hall–Kier alpha value is -1.01. The Labute approximate surface area is 85.6 Å². The zero-order valence-corrected chi connectivity index (χ0v) is 8.63. The van der Waals surface area contributed by atoms with Gasteiger partial charge in [0.15, 0.2) is 0 Å². The maximum atomic E-state index is 10.6. The van der Waals surface area contributed by atoms with Crippen molar-refractivity contribution in [3.63, 3.8) is 0 Å². The van der Waals surface area contributed by atoms with Gasteiger partial charge in [-0.05, 0) is 17.6 Å². The third kappa shape index (κ3) is 1.31. The van der Waals surface area contributed by atoms with Crippen LogP contribution in [0.1, 0.15) is 0 Å². The summed E-state index contributed by atoms with van der Waals surface area (Å²) in [5, 5.41) is 11.4. The highest BCUT2D eigenvalue weighted by Gasteiger charge is 2.14. The number of non-ortho nitro benzene ring substituents is 1. The van der Waals surface area contributed by atoms with Crippen LogP contribution in [-0.4, -0.2) is 9.30 Å². The summed E-state index contributed by atoms with van der Waals surface area (Å²) >= 11 is 4.44. The lowest BCUT2D eigenvalue weighted by Crippen LogP contribution is -1.87. The van der Waals surface area contributed by atoms with E-state index in [0.29, 0.717) is 4.70 Å². The first-order valence-electron chi connectivity index (χ1n) is 3.37. The van der Waals surface area contributed by atoms with Gasteiger partial charge in [-0.1, -0.05) is 15.9 Å². The number of fused-ring (bicyclic) bond motifs is 1. The molecule has 0 saturated heterocycles. The lowest BCUT2D eigenvalue weighted by molar-refractivity contribution is -0.382. The first-order valence-corrected chi connectivity index (χ1v) is 4.94. The molecule has 0 aliphatic carbocycles. The van der Waals surface area contributed by atoms with Crippen molar-refractivity contribution in [2.24, 2.45) is 0 Å². The van der Waals surface area contributed by atoms with Crippen LogP contribution in [0.15, 0.2) is 22.8 Å². The predicted octanol–water partition coefficient (Wildman–Crippen LogP) is 2.97. The van der Waals surface area contributed by atoms with Gasteiger partial charge in [0, 0.05) is 22.1 Å². The SMILES string of the molecule is O=[N+]([O-])c1ccc(Br)c2cnsc12. The molecule has 2 rings (SSSR count). The van der Waals surface area contributed by atoms with Gasteiger partial charge in [0.2, 0.25) is 0 Å². The highest BCUT2D eigenvalue weighted by atomic mass is 79.9. The van der Waals surface area contributed by atoms with Gasteiger partial charge in [-0.3, -0.25) is 10.1 Å². The van der Waals surface area contributed by atoms with Gasteiger partial charge in [-0.2, -0.15) is 4.37 Å². The molecular weight excluding hydrogens is 256 g/mol. The van der Waals surface area contributed by atoms with Crippen LogP contribution in [-0.2, 0) is 0 Å². The third-order valence-corrected chi connectivity index (χ3v) is 3.16. The molecule has 66 valence electrons. The first kappa shape index (κ1) is 8.58. The Morgan fingerprint density at radius 3 is 3.00 bits per heavy atom. The molecule has 0 spiro atoms. The van der Waals surface area contributed by atoms with E-state index in [1.165, 1.54) is 6.07 Å². The van der Waals surface area contributed by atoms with Crippen LogP contribution in [0.2, 0.25) is 0 Å². The van der Waals surface area contributed by atoms with Gasteiger partial charge in [0.05, 0.1) is 4.92 Å². The van der Waals surface area contributed by atoms with Crippen LogP contribution >= 0.6 is 27.5 Å². The van der Waals surface area contributed by atoms with Crippen molar-refractivity contribution in [1.29, 1.82) is 0 Å². The molecule has 0 atom stereocenters. The van der Waals surface area contributed by atoms with E-state index in [4.69, 9.17) is 0 Å². The van der Waals surface area contributed by atoms with E-state index < -0.39 is 4.92 Å². The molecule has 1 aromatic heterocycles. The molecule has 2 aromatic rings. The largest absolute Gasteiger partial charge is 0.288 e. The van der Waals surface area contributed by atoms with Crippen molar-refractivity contribution in [2.45, 2.75) is 0 Å². The minimum Gasteiger partial charge on any atom is -0.258 e. The summed E-state index contributed by atoms with van der Waals surface area (Å²) in [4.78, 5) is 10.2. The second-order valence-corrected chi connectivity index (χ2v) is 4.05. The normalized spacial score (nSPS) is 10.5. The minimum absolute atomic E-state index is 0.112. The second-order valence-electron chi connectivity index (χ2n) is 2.39. The molecule has 1 heterocycles. The van der Waals surface area contributed by atoms with Crippen molar-refractivity contribution < 1.29 is 4.92 Å². The molecular formula is C7H3BrN2O2S. The van der Waals surface area contributed by atoms with Gasteiger partial charge >= 0.3 is 0 Å². The number of nitrogens with zero attached hydrogens (tertiary/aromatic N) is 2. The summed E-state index contributed by atoms with van der Waals surface area (Å²) < 4.78 is 5.36. The zero-order chi connectivity index (χ0) is 9.42. The van der Waals surface area contributed by atoms with E-state index in [-0.39, 0.29) is 5.69 Å². The van der Waals surface area contributed by atoms with Crippen LogP contribution < -0.4 is 0 Å². The summed E-state index contributed by atoms with van der Waals surface area (Å²) in [6.07, 6.45) is 1.62. The summed E-state index contributed by atoms with van der Waals surface area (Å²) in [7, 11) is 0. The standard InChI is InChI=1S/C7H3BrN2O2S/c8-5-1-2-6(10(11)12)7-4(5)3-9-13-7/h1-3H. The van der Waals surface area contributed by atoms with Crippen LogP contribution in [0.3, 0.4) is 0 Å². The highest BCUT2D eigenvalue weighted by molar-refractivity contribution is 9.10. The van der Waals surface area contributed by atoms with Crippen LogP contribution in [0, 0.1) is 10.1 Å². The fourth-order valence-corrected chi connectivity index (χ4v) is 2.38. The molecule has 0 amide bonds. The van der Waals surface area contributed by atoms with Crippen molar-refractivity contribution in [1.82, 2.24) is 4.37 Å². The summed E-state index contributed by atoms with van der Waals surface area (Å²) in [5.74, 6) is 0. The molecule has 0 aliphatic rings. The minimum atomic E-state index is -0.396. The predicted molar refractivity (Wildman–Crippen MR) is 54.0 cm³/mol. The van der Waals surface area contributed by atoms with E-state index in [9.17, 15) is 10.1 Å². The molecule has 0 radical (unpaired) electrons. The van der Waals surface area contributed by atoms with E-state index >= 15 is 0 Å². The molecule has 0 N–H and O–H groups in total. The number of rotatable bonds is 1. The molecule has 4 nitrogen and oxygen atoms in total. The first-order chi connectivity index (χ1) is 6.20. The van der Waals surface area contributed by atoms with Gasteiger partial charge < -0.3 is 0 Å². The van der Waals surface area contributed by atoms with Gasteiger partial charge in [-0.25, -0.2) is 0 Å². The molecule has 0 saturated carbocycles. The number of nitro groups is 1. The average molecular weight is 259 g/mol. The topological polar surface area (TPSA) is 56.0 Å². The molecule has 0 fully saturated rings. The Balaban J connectivity index is 2.86. The van der Waals surface area contributed by atoms with E-state index in [1.54, 1.807) is 12.3 Å². The van der Waals surface area contributed by atoms with Gasteiger partial charge in [0.25, 0.3) is 5.69 Å². The molecule has 13 heavy (non-hydrogen) atoms. The number of hydrogen-bond acceptors (Lipinski definition) is 4. The number of benzene rings is 1. The molecule has 0 bridgehead atoms. The fraction of sp³-hybridized carbons (Fsp3) is 0. The van der Waals surface area contributed by atoms with E-state index in [2.05, 4.69) is 20.3 Å². The second kappa shape index (κ2) is 3.04. The van der Waals surface area contributed by atoms with Crippen molar-refractivity contribution in [2.75, 3.05) is 0 Å². The Kier molecular flexibility index (Phi) is 2.01. The highest BCUT2D eigenvalue weighted by Crippen LogP contribution is 2.33. The molecule has 0 aliphatic heterocycles. The number of nitro benzene ring substituents is 1. The maximum absolute atomic E-state index is 10.6. The molecule has 6 heteroatoms. The number of aromatic nitrogens is 1. The summed E-state index contributed by atoms with van der Waals surface area (Å²) in [6, 6.07) is 3.14. The van der Waals surface area contributed by atoms with Crippen molar-refractivity contribution in [3.8, 4) is 0 Å². The van der Waals surface area contributed by atoms with Gasteiger partial charge in [0.1, 0.15) is 4.70 Å². The van der Waals surface area contributed by atoms with Gasteiger partial charge in [-0.15, -0.1) is 0 Å². The average Bonchev–Trinajstić information content (AvgIpc) is 2.53. The quantitative estimate of drug-likeness (QED) is 0.584. The van der Waals surface area contributed by atoms with Crippen LogP contribution in [0.25, 0.3) is 10.1 Å². The zero-order valence-electron chi connectivity index (χ0n) is 6.23. The van der Waals surface area contributed by atoms with Crippen LogP contribution in [0.5, 0.6) is 0 Å². The summed E-state index contributed by atoms with van der Waals surface area (Å²) in [5.41, 5.74) is 0.112. The Bertz CT molecular complexity index is 482. The lowest BCUT2D eigenvalue weighted by atomic mass is 10.2. The van der Waals surface area contributed by atoms with Crippen molar-refractivity contribution in [3.05, 3.63) is 32.9 Å². The molecule has 1 aromatic carbocycles. The van der Waals surface area contributed by atoms with E-state index in [1.807, 2.05) is 0 Å².